The van der Waals surface area contributed by atoms with E-state index >= 15 is 0 Å². The van der Waals surface area contributed by atoms with Crippen molar-refractivity contribution in [1.29, 1.82) is 0 Å². The summed E-state index contributed by atoms with van der Waals surface area (Å²) in [6.07, 6.45) is 0.977. The first kappa shape index (κ1) is 15.2. The van der Waals surface area contributed by atoms with Gasteiger partial charge in [0.1, 0.15) is 11.9 Å². The van der Waals surface area contributed by atoms with Crippen LogP contribution in [0.5, 0.6) is 0 Å². The molecule has 1 N–H and O–H groups in total. The number of alkyl carbamates (subject to hydrolysis) is 1. The van der Waals surface area contributed by atoms with Crippen LogP contribution in [0.15, 0.2) is 24.5 Å². The van der Waals surface area contributed by atoms with Gasteiger partial charge in [-0.25, -0.2) is 9.48 Å². The highest BCUT2D eigenvalue weighted by Crippen LogP contribution is 2.19. The van der Waals surface area contributed by atoms with E-state index in [4.69, 9.17) is 16.3 Å². The number of nitrogens with zero attached hydrogens (tertiary/aromatic N) is 4. The first-order valence-electron chi connectivity index (χ1n) is 6.34. The molecule has 2 rings (SSSR count). The lowest BCUT2D eigenvalue weighted by atomic mass is 10.2. The lowest BCUT2D eigenvalue weighted by molar-refractivity contribution is 0.0523. The van der Waals surface area contributed by atoms with E-state index in [1.54, 1.807) is 39.0 Å². The van der Waals surface area contributed by atoms with Gasteiger partial charge in [-0.3, -0.25) is 0 Å². The van der Waals surface area contributed by atoms with E-state index < -0.39 is 11.7 Å². The molecular weight excluding hydrogens is 294 g/mol. The van der Waals surface area contributed by atoms with E-state index in [9.17, 15) is 4.79 Å². The number of benzene rings is 1. The molecule has 1 aromatic carbocycles. The van der Waals surface area contributed by atoms with Crippen molar-refractivity contribution < 1.29 is 9.53 Å². The van der Waals surface area contributed by atoms with Crippen molar-refractivity contribution in [1.82, 2.24) is 25.5 Å². The largest absolute Gasteiger partial charge is 0.444 e. The monoisotopic (exact) mass is 309 g/mol. The minimum atomic E-state index is -0.545. The first-order valence-corrected chi connectivity index (χ1v) is 6.71. The van der Waals surface area contributed by atoms with Gasteiger partial charge < -0.3 is 10.1 Å². The number of nitrogens with one attached hydrogen (secondary N) is 1. The third-order valence-corrected chi connectivity index (χ3v) is 2.69. The van der Waals surface area contributed by atoms with Crippen molar-refractivity contribution in [2.75, 3.05) is 0 Å². The van der Waals surface area contributed by atoms with E-state index in [-0.39, 0.29) is 6.54 Å². The van der Waals surface area contributed by atoms with E-state index in [1.165, 1.54) is 11.0 Å². The van der Waals surface area contributed by atoms with Gasteiger partial charge in [0.15, 0.2) is 0 Å². The van der Waals surface area contributed by atoms with Crippen LogP contribution in [0.1, 0.15) is 26.3 Å². The van der Waals surface area contributed by atoms with E-state index in [0.717, 1.165) is 11.3 Å². The molecule has 1 aromatic heterocycles. The van der Waals surface area contributed by atoms with Gasteiger partial charge in [0.05, 0.1) is 5.69 Å². The maximum Gasteiger partial charge on any atom is 0.407 e. The van der Waals surface area contributed by atoms with Crippen LogP contribution < -0.4 is 5.32 Å². The Bertz CT molecular complexity index is 622. The predicted molar refractivity (Wildman–Crippen MR) is 77.2 cm³/mol. The molecule has 0 saturated carbocycles. The zero-order chi connectivity index (χ0) is 15.5. The molecule has 0 fully saturated rings. The number of halogens is 1. The van der Waals surface area contributed by atoms with Crippen LogP contribution in [0.25, 0.3) is 5.69 Å². The second kappa shape index (κ2) is 6.09. The fourth-order valence-corrected chi connectivity index (χ4v) is 1.87. The van der Waals surface area contributed by atoms with Gasteiger partial charge in [-0.15, -0.1) is 5.10 Å². The van der Waals surface area contributed by atoms with Gasteiger partial charge in [-0.2, -0.15) is 0 Å². The van der Waals surface area contributed by atoms with Crippen molar-refractivity contribution in [2.24, 2.45) is 0 Å². The lowest BCUT2D eigenvalue weighted by Gasteiger charge is -2.20. The molecular formula is C13H16ClN5O2. The molecule has 0 spiro atoms. The van der Waals surface area contributed by atoms with E-state index in [2.05, 4.69) is 20.8 Å². The van der Waals surface area contributed by atoms with Crippen molar-refractivity contribution in [3.63, 3.8) is 0 Å². The normalized spacial score (nSPS) is 11.2. The summed E-state index contributed by atoms with van der Waals surface area (Å²) in [5.74, 6) is 0. The molecule has 8 heteroatoms. The molecule has 0 aliphatic rings. The molecule has 0 radical (unpaired) electrons. The van der Waals surface area contributed by atoms with Gasteiger partial charge in [-0.1, -0.05) is 11.6 Å². The zero-order valence-electron chi connectivity index (χ0n) is 12.0. The Morgan fingerprint density at radius 2 is 2.19 bits per heavy atom. The smallest absolute Gasteiger partial charge is 0.407 e. The minimum Gasteiger partial charge on any atom is -0.444 e. The Labute approximate surface area is 127 Å². The number of hydrogen-bond acceptors (Lipinski definition) is 5. The van der Waals surface area contributed by atoms with Crippen LogP contribution in [0.2, 0.25) is 5.02 Å². The van der Waals surface area contributed by atoms with Crippen LogP contribution >= 0.6 is 11.6 Å². The fraction of sp³-hybridized carbons (Fsp3) is 0.385. The van der Waals surface area contributed by atoms with Crippen molar-refractivity contribution in [2.45, 2.75) is 32.9 Å². The van der Waals surface area contributed by atoms with Crippen molar-refractivity contribution in [3.05, 3.63) is 35.1 Å². The summed E-state index contributed by atoms with van der Waals surface area (Å²) in [6.45, 7) is 5.67. The molecule has 0 aliphatic carbocycles. The summed E-state index contributed by atoms with van der Waals surface area (Å²) >= 11 is 6.00. The molecule has 0 unspecified atom stereocenters. The Balaban J connectivity index is 2.13. The minimum absolute atomic E-state index is 0.255. The number of aromatic nitrogens is 4. The molecule has 0 aliphatic heterocycles. The molecule has 0 bridgehead atoms. The van der Waals surface area contributed by atoms with E-state index in [1.807, 2.05) is 0 Å². The molecule has 2 aromatic rings. The van der Waals surface area contributed by atoms with Gasteiger partial charge in [0.25, 0.3) is 0 Å². The van der Waals surface area contributed by atoms with Gasteiger partial charge in [0, 0.05) is 11.6 Å². The van der Waals surface area contributed by atoms with Crippen molar-refractivity contribution in [3.8, 4) is 5.69 Å². The summed E-state index contributed by atoms with van der Waals surface area (Å²) in [6, 6.07) is 5.26. The molecule has 112 valence electrons. The topological polar surface area (TPSA) is 81.9 Å². The summed E-state index contributed by atoms with van der Waals surface area (Å²) in [4.78, 5) is 11.7. The average Bonchev–Trinajstić information content (AvgIpc) is 2.88. The number of hydrogen-bond donors (Lipinski definition) is 1. The maximum atomic E-state index is 11.7. The lowest BCUT2D eigenvalue weighted by Crippen LogP contribution is -2.32. The quantitative estimate of drug-likeness (QED) is 0.941. The number of ether oxygens (including phenoxy) is 1. The molecule has 0 saturated heterocycles. The molecule has 7 nitrogen and oxygen atoms in total. The third-order valence-electron chi connectivity index (χ3n) is 2.46. The van der Waals surface area contributed by atoms with Crippen molar-refractivity contribution >= 4 is 17.7 Å². The second-order valence-corrected chi connectivity index (χ2v) is 5.82. The summed E-state index contributed by atoms with van der Waals surface area (Å²) in [7, 11) is 0. The van der Waals surface area contributed by atoms with E-state index in [0.29, 0.717) is 5.02 Å². The number of amides is 1. The maximum absolute atomic E-state index is 11.7. The Morgan fingerprint density at radius 3 is 2.81 bits per heavy atom. The highest BCUT2D eigenvalue weighted by molar-refractivity contribution is 6.30. The second-order valence-electron chi connectivity index (χ2n) is 5.38. The highest BCUT2D eigenvalue weighted by atomic mass is 35.5. The highest BCUT2D eigenvalue weighted by Gasteiger charge is 2.16. The first-order chi connectivity index (χ1) is 9.85. The Kier molecular flexibility index (Phi) is 4.42. The van der Waals surface area contributed by atoms with Crippen LogP contribution in [-0.2, 0) is 11.3 Å². The van der Waals surface area contributed by atoms with Crippen LogP contribution in [0.4, 0.5) is 4.79 Å². The third kappa shape index (κ3) is 4.42. The van der Waals surface area contributed by atoms with Gasteiger partial charge in [0.2, 0.25) is 0 Å². The SMILES string of the molecule is CC(C)(C)OC(=O)NCc1cc(Cl)ccc1-n1cnnn1. The number of rotatable bonds is 3. The van der Waals surface area contributed by atoms with Crippen LogP contribution in [0.3, 0.4) is 0 Å². The zero-order valence-corrected chi connectivity index (χ0v) is 12.8. The molecule has 1 heterocycles. The number of carbonyl (C=O) groups excluding carboxylic acids is 1. The average molecular weight is 310 g/mol. The summed E-state index contributed by atoms with van der Waals surface area (Å²) < 4.78 is 6.69. The molecule has 21 heavy (non-hydrogen) atoms. The molecule has 1 amide bonds. The number of carbonyl (C=O) groups is 1. The van der Waals surface area contributed by atoms with Crippen LogP contribution in [-0.4, -0.2) is 31.9 Å². The Hall–Kier alpha value is -2.15. The summed E-state index contributed by atoms with van der Waals surface area (Å²) in [5, 5.41) is 14.3. The predicted octanol–water partition coefficient (Wildman–Crippen LogP) is 2.34. The summed E-state index contributed by atoms with van der Waals surface area (Å²) in [5.41, 5.74) is 0.970. The van der Waals surface area contributed by atoms with Gasteiger partial charge in [-0.05, 0) is 55.0 Å². The molecule has 0 atom stereocenters. The standard InChI is InChI=1S/C13H16ClN5O2/c1-13(2,3)21-12(20)15-7-9-6-10(14)4-5-11(9)19-8-16-17-18-19/h4-6,8H,7H2,1-3H3,(H,15,20). The number of tetrazole rings is 1. The van der Waals surface area contributed by atoms with Gasteiger partial charge >= 0.3 is 6.09 Å². The van der Waals surface area contributed by atoms with Crippen LogP contribution in [0, 0.1) is 0 Å². The fourth-order valence-electron chi connectivity index (χ4n) is 1.67. The Morgan fingerprint density at radius 1 is 1.43 bits per heavy atom.